The summed E-state index contributed by atoms with van der Waals surface area (Å²) in [5, 5.41) is 21.0. The molecule has 1 heterocycles. The van der Waals surface area contributed by atoms with Crippen LogP contribution in [0.2, 0.25) is 0 Å². The second kappa shape index (κ2) is 7.58. The van der Waals surface area contributed by atoms with E-state index in [0.29, 0.717) is 25.1 Å². The van der Waals surface area contributed by atoms with Gasteiger partial charge in [-0.1, -0.05) is 19.1 Å². The van der Waals surface area contributed by atoms with Crippen LogP contribution in [0.4, 0.5) is 10.5 Å². The molecule has 1 aromatic carbocycles. The number of hydrogen-bond donors (Lipinski definition) is 2. The Hall–Kier alpha value is -2.20. The fourth-order valence-electron chi connectivity index (χ4n) is 2.56. The van der Waals surface area contributed by atoms with E-state index in [1.54, 1.807) is 6.92 Å². The highest BCUT2D eigenvalue weighted by Crippen LogP contribution is 2.33. The van der Waals surface area contributed by atoms with Crippen LogP contribution in [0.3, 0.4) is 0 Å². The molecule has 1 aliphatic rings. The van der Waals surface area contributed by atoms with Gasteiger partial charge in [-0.3, -0.25) is 4.79 Å². The molecule has 6 nitrogen and oxygen atoms in total. The molecule has 0 bridgehead atoms. The van der Waals surface area contributed by atoms with Crippen LogP contribution >= 0.6 is 11.8 Å². The minimum atomic E-state index is -0.882. The van der Waals surface area contributed by atoms with E-state index in [9.17, 15) is 14.7 Å². The molecule has 2 unspecified atom stereocenters. The monoisotopic (exact) mass is 347 g/mol. The maximum absolute atomic E-state index is 12.4. The maximum Gasteiger partial charge on any atom is 0.321 e. The third kappa shape index (κ3) is 4.20. The van der Waals surface area contributed by atoms with E-state index >= 15 is 0 Å². The molecular weight excluding hydrogens is 326 g/mol. The molecule has 7 heteroatoms. The fraction of sp³-hybridized carbons (Fsp3) is 0.471. The summed E-state index contributed by atoms with van der Waals surface area (Å²) in [5.74, 6) is -0.876. The van der Waals surface area contributed by atoms with Crippen molar-refractivity contribution in [1.82, 2.24) is 4.90 Å². The minimum Gasteiger partial charge on any atom is -0.481 e. The van der Waals surface area contributed by atoms with E-state index in [2.05, 4.69) is 11.4 Å². The number of aliphatic carboxylic acids is 1. The van der Waals surface area contributed by atoms with Crippen LogP contribution < -0.4 is 5.32 Å². The summed E-state index contributed by atoms with van der Waals surface area (Å²) in [4.78, 5) is 26.2. The number of rotatable bonds is 5. The van der Waals surface area contributed by atoms with Crippen molar-refractivity contribution in [3.63, 3.8) is 0 Å². The van der Waals surface area contributed by atoms with Gasteiger partial charge in [0.05, 0.1) is 17.2 Å². The lowest BCUT2D eigenvalue weighted by molar-refractivity contribution is -0.146. The summed E-state index contributed by atoms with van der Waals surface area (Å²) in [6.07, 6.45) is 0.876. The zero-order valence-corrected chi connectivity index (χ0v) is 14.6. The van der Waals surface area contributed by atoms with Gasteiger partial charge < -0.3 is 15.3 Å². The van der Waals surface area contributed by atoms with Crippen LogP contribution in [-0.4, -0.2) is 40.3 Å². The van der Waals surface area contributed by atoms with Gasteiger partial charge in [-0.15, -0.1) is 11.8 Å². The van der Waals surface area contributed by atoms with E-state index in [1.807, 2.05) is 31.2 Å². The molecule has 0 aromatic heterocycles. The third-order valence-electron chi connectivity index (χ3n) is 4.11. The molecule has 2 atom stereocenters. The lowest BCUT2D eigenvalue weighted by Crippen LogP contribution is -2.37. The Morgan fingerprint density at radius 3 is 2.83 bits per heavy atom. The first-order valence-corrected chi connectivity index (χ1v) is 8.65. The van der Waals surface area contributed by atoms with Gasteiger partial charge in [0.1, 0.15) is 0 Å². The molecule has 128 valence electrons. The Morgan fingerprint density at radius 1 is 1.50 bits per heavy atom. The molecule has 24 heavy (non-hydrogen) atoms. The SMILES string of the molecule is CC(CC#N)Sc1ccccc1NC(=O)N1CCC(C)(C(=O)O)C1. The molecule has 0 radical (unpaired) electrons. The van der Waals surface area contributed by atoms with Crippen LogP contribution in [0.1, 0.15) is 26.7 Å². The van der Waals surface area contributed by atoms with E-state index in [1.165, 1.54) is 16.7 Å². The molecule has 1 fully saturated rings. The Morgan fingerprint density at radius 2 is 2.21 bits per heavy atom. The number of carboxylic acid groups (broad SMARTS) is 1. The van der Waals surface area contributed by atoms with Gasteiger partial charge in [0, 0.05) is 29.7 Å². The Labute approximate surface area is 145 Å². The van der Waals surface area contributed by atoms with Crippen molar-refractivity contribution >= 4 is 29.4 Å². The summed E-state index contributed by atoms with van der Waals surface area (Å²) >= 11 is 1.53. The zero-order valence-electron chi connectivity index (χ0n) is 13.8. The predicted octanol–water partition coefficient (Wildman–Crippen LogP) is 3.41. The van der Waals surface area contributed by atoms with Crippen LogP contribution in [0.25, 0.3) is 0 Å². The number of hydrogen-bond acceptors (Lipinski definition) is 4. The van der Waals surface area contributed by atoms with E-state index in [4.69, 9.17) is 5.26 Å². The molecule has 0 spiro atoms. The summed E-state index contributed by atoms with van der Waals surface area (Å²) in [7, 11) is 0. The molecule has 2 rings (SSSR count). The minimum absolute atomic E-state index is 0.121. The second-order valence-electron chi connectivity index (χ2n) is 6.25. The molecule has 1 saturated heterocycles. The second-order valence-corrected chi connectivity index (χ2v) is 7.73. The Bertz CT molecular complexity index is 673. The smallest absolute Gasteiger partial charge is 0.321 e. The molecule has 2 N–H and O–H groups in total. The third-order valence-corrected chi connectivity index (χ3v) is 5.29. The van der Waals surface area contributed by atoms with Crippen LogP contribution in [-0.2, 0) is 4.79 Å². The van der Waals surface area contributed by atoms with Crippen molar-refractivity contribution in [3.05, 3.63) is 24.3 Å². The lowest BCUT2D eigenvalue weighted by atomic mass is 9.90. The summed E-state index contributed by atoms with van der Waals surface area (Å²) in [6, 6.07) is 9.28. The van der Waals surface area contributed by atoms with Gasteiger partial charge >= 0.3 is 12.0 Å². The maximum atomic E-state index is 12.4. The van der Waals surface area contributed by atoms with Crippen LogP contribution in [0.15, 0.2) is 29.2 Å². The topological polar surface area (TPSA) is 93.4 Å². The number of thioether (sulfide) groups is 1. The van der Waals surface area contributed by atoms with Gasteiger partial charge in [0.25, 0.3) is 0 Å². The van der Waals surface area contributed by atoms with E-state index in [-0.39, 0.29) is 17.8 Å². The Kier molecular flexibility index (Phi) is 5.73. The van der Waals surface area contributed by atoms with E-state index in [0.717, 1.165) is 4.90 Å². The van der Waals surface area contributed by atoms with Crippen molar-refractivity contribution in [2.45, 2.75) is 36.8 Å². The number of urea groups is 1. The molecule has 1 aromatic rings. The average Bonchev–Trinajstić information content (AvgIpc) is 2.93. The first-order chi connectivity index (χ1) is 11.4. The lowest BCUT2D eigenvalue weighted by Gasteiger charge is -2.21. The number of amides is 2. The molecule has 1 aliphatic heterocycles. The van der Waals surface area contributed by atoms with Crippen molar-refractivity contribution in [1.29, 1.82) is 5.26 Å². The first-order valence-electron chi connectivity index (χ1n) is 7.77. The van der Waals surface area contributed by atoms with Gasteiger partial charge in [0.15, 0.2) is 0 Å². The summed E-state index contributed by atoms with van der Waals surface area (Å²) < 4.78 is 0. The standard InChI is InChI=1S/C17H21N3O3S/c1-12(7-9-18)24-14-6-4-3-5-13(14)19-16(23)20-10-8-17(2,11-20)15(21)22/h3-6,12H,7-8,10-11H2,1-2H3,(H,19,23)(H,21,22). The number of likely N-dealkylation sites (tertiary alicyclic amines) is 1. The highest BCUT2D eigenvalue weighted by atomic mass is 32.2. The summed E-state index contributed by atoms with van der Waals surface area (Å²) in [5.41, 5.74) is -0.200. The number of carbonyl (C=O) groups is 2. The molecule has 0 aliphatic carbocycles. The highest BCUT2D eigenvalue weighted by Gasteiger charge is 2.42. The molecule has 0 saturated carbocycles. The fourth-order valence-corrected chi connectivity index (χ4v) is 3.56. The number of nitrogens with zero attached hydrogens (tertiary/aromatic N) is 2. The first kappa shape index (κ1) is 18.1. The molecular formula is C17H21N3O3S. The molecule has 2 amide bonds. The Balaban J connectivity index is 2.05. The largest absolute Gasteiger partial charge is 0.481 e. The van der Waals surface area contributed by atoms with Crippen molar-refractivity contribution in [3.8, 4) is 6.07 Å². The number of para-hydroxylation sites is 1. The normalized spacial score (nSPS) is 21.1. The van der Waals surface area contributed by atoms with Crippen molar-refractivity contribution in [2.75, 3.05) is 18.4 Å². The predicted molar refractivity (Wildman–Crippen MR) is 92.9 cm³/mol. The zero-order chi connectivity index (χ0) is 17.7. The van der Waals surface area contributed by atoms with Gasteiger partial charge in [-0.25, -0.2) is 4.79 Å². The van der Waals surface area contributed by atoms with Crippen molar-refractivity contribution < 1.29 is 14.7 Å². The van der Waals surface area contributed by atoms with Gasteiger partial charge in [-0.2, -0.15) is 5.26 Å². The number of anilines is 1. The quantitative estimate of drug-likeness (QED) is 0.796. The number of nitriles is 1. The summed E-state index contributed by atoms with van der Waals surface area (Å²) in [6.45, 7) is 4.25. The number of carboxylic acids is 1. The van der Waals surface area contributed by atoms with E-state index < -0.39 is 11.4 Å². The van der Waals surface area contributed by atoms with Gasteiger partial charge in [0.2, 0.25) is 0 Å². The van der Waals surface area contributed by atoms with Gasteiger partial charge in [-0.05, 0) is 25.5 Å². The van der Waals surface area contributed by atoms with Crippen molar-refractivity contribution in [2.24, 2.45) is 5.41 Å². The number of carbonyl (C=O) groups excluding carboxylic acids is 1. The number of nitrogens with one attached hydrogen (secondary N) is 1. The highest BCUT2D eigenvalue weighted by molar-refractivity contribution is 8.00. The van der Waals surface area contributed by atoms with Crippen LogP contribution in [0, 0.1) is 16.7 Å². The average molecular weight is 347 g/mol. The number of benzene rings is 1. The van der Waals surface area contributed by atoms with Crippen LogP contribution in [0.5, 0.6) is 0 Å².